The fraction of sp³-hybridized carbons (Fsp3) is 0.652. The highest BCUT2D eigenvalue weighted by Crippen LogP contribution is 2.54. The Morgan fingerprint density at radius 1 is 0.840 bits per heavy atom. The van der Waals surface area contributed by atoms with E-state index in [1.165, 1.54) is 57.1 Å². The summed E-state index contributed by atoms with van der Waals surface area (Å²) in [5.41, 5.74) is 1.01. The summed E-state index contributed by atoms with van der Waals surface area (Å²) in [5.74, 6) is 3.34. The van der Waals surface area contributed by atoms with Gasteiger partial charge in [-0.2, -0.15) is 0 Å². The van der Waals surface area contributed by atoms with Crippen molar-refractivity contribution in [2.24, 2.45) is 29.6 Å². The quantitative estimate of drug-likeness (QED) is 0.514. The molecule has 3 aliphatic carbocycles. The van der Waals surface area contributed by atoms with E-state index in [0.29, 0.717) is 5.92 Å². The van der Waals surface area contributed by atoms with E-state index in [1.54, 1.807) is 6.07 Å². The number of halogens is 2. The van der Waals surface area contributed by atoms with Crippen molar-refractivity contribution >= 4 is 0 Å². The van der Waals surface area contributed by atoms with Crippen LogP contribution in [-0.2, 0) is 0 Å². The first-order valence-electron chi connectivity index (χ1n) is 10.2. The van der Waals surface area contributed by atoms with Gasteiger partial charge in [0.1, 0.15) is 0 Å². The van der Waals surface area contributed by atoms with Crippen LogP contribution in [0.15, 0.2) is 30.4 Å². The summed E-state index contributed by atoms with van der Waals surface area (Å²) in [5, 5.41) is 0. The van der Waals surface area contributed by atoms with Gasteiger partial charge < -0.3 is 0 Å². The Hall–Kier alpha value is -1.18. The molecule has 1 aromatic carbocycles. The third-order valence-electron chi connectivity index (χ3n) is 7.46. The predicted octanol–water partition coefficient (Wildman–Crippen LogP) is 6.87. The van der Waals surface area contributed by atoms with Crippen LogP contribution in [0, 0.1) is 41.2 Å². The fourth-order valence-electron chi connectivity index (χ4n) is 6.35. The summed E-state index contributed by atoms with van der Waals surface area (Å²) >= 11 is 0. The summed E-state index contributed by atoms with van der Waals surface area (Å²) in [4.78, 5) is 0. The minimum atomic E-state index is -0.726. The van der Waals surface area contributed by atoms with Crippen molar-refractivity contribution in [3.63, 3.8) is 0 Å². The van der Waals surface area contributed by atoms with Crippen molar-refractivity contribution in [2.75, 3.05) is 0 Å². The van der Waals surface area contributed by atoms with Gasteiger partial charge >= 0.3 is 0 Å². The van der Waals surface area contributed by atoms with Gasteiger partial charge in [-0.3, -0.25) is 0 Å². The van der Waals surface area contributed by atoms with Gasteiger partial charge in [-0.15, -0.1) is 0 Å². The fourth-order valence-corrected chi connectivity index (χ4v) is 6.35. The van der Waals surface area contributed by atoms with Gasteiger partial charge in [-0.05, 0) is 111 Å². The Kier molecular flexibility index (Phi) is 4.97. The Labute approximate surface area is 150 Å². The van der Waals surface area contributed by atoms with E-state index < -0.39 is 11.6 Å². The van der Waals surface area contributed by atoms with Crippen LogP contribution in [0.1, 0.15) is 69.8 Å². The number of benzene rings is 1. The van der Waals surface area contributed by atoms with Crippen LogP contribution < -0.4 is 0 Å². The number of hydrogen-bond acceptors (Lipinski definition) is 0. The molecule has 0 bridgehead atoms. The number of fused-ring (bicyclic) bond motifs is 3. The molecule has 0 radical (unpaired) electrons. The normalized spacial score (nSPS) is 38.4. The Balaban J connectivity index is 1.43. The molecule has 0 N–H and O–H groups in total. The molecule has 3 aliphatic rings. The number of rotatable bonds is 2. The average molecular weight is 344 g/mol. The Morgan fingerprint density at radius 2 is 1.56 bits per heavy atom. The van der Waals surface area contributed by atoms with Crippen molar-refractivity contribution in [1.82, 2.24) is 0 Å². The van der Waals surface area contributed by atoms with Gasteiger partial charge in [0.25, 0.3) is 0 Å². The van der Waals surface area contributed by atoms with Crippen LogP contribution in [0.4, 0.5) is 8.78 Å². The molecule has 3 saturated carbocycles. The maximum Gasteiger partial charge on any atom is 0.159 e. The van der Waals surface area contributed by atoms with Gasteiger partial charge in [0.15, 0.2) is 11.6 Å². The lowest BCUT2D eigenvalue weighted by atomic mass is 9.55. The first kappa shape index (κ1) is 17.2. The minimum Gasteiger partial charge on any atom is -0.204 e. The Bertz CT molecular complexity index is 635. The highest BCUT2D eigenvalue weighted by molar-refractivity contribution is 5.22. The van der Waals surface area contributed by atoms with Crippen LogP contribution in [0.5, 0.6) is 0 Å². The molecule has 0 nitrogen and oxygen atoms in total. The third-order valence-corrected chi connectivity index (χ3v) is 7.46. The summed E-state index contributed by atoms with van der Waals surface area (Å²) in [7, 11) is 0. The van der Waals surface area contributed by atoms with Gasteiger partial charge in [0.05, 0.1) is 0 Å². The maximum atomic E-state index is 13.6. The molecule has 1 aromatic rings. The molecule has 0 aromatic heterocycles. The predicted molar refractivity (Wildman–Crippen MR) is 98.3 cm³/mol. The van der Waals surface area contributed by atoms with E-state index in [2.05, 4.69) is 19.1 Å². The van der Waals surface area contributed by atoms with Crippen molar-refractivity contribution < 1.29 is 8.78 Å². The zero-order valence-corrected chi connectivity index (χ0v) is 15.3. The molecule has 4 rings (SSSR count). The first-order valence-corrected chi connectivity index (χ1v) is 10.2. The average Bonchev–Trinajstić information content (AvgIpc) is 2.63. The van der Waals surface area contributed by atoms with Gasteiger partial charge in [0, 0.05) is 0 Å². The second-order valence-electron chi connectivity index (χ2n) is 8.71. The molecule has 6 atom stereocenters. The summed E-state index contributed by atoms with van der Waals surface area (Å²) in [6.07, 6.45) is 15.1. The molecule has 0 aliphatic heterocycles. The molecule has 0 spiro atoms. The molecule has 3 fully saturated rings. The summed E-state index contributed by atoms with van der Waals surface area (Å²) in [6, 6.07) is 4.54. The maximum absolute atomic E-state index is 13.6. The highest BCUT2D eigenvalue weighted by atomic mass is 19.2. The zero-order chi connectivity index (χ0) is 17.4. The van der Waals surface area contributed by atoms with Crippen LogP contribution in [-0.4, -0.2) is 0 Å². The molecule has 2 heteroatoms. The topological polar surface area (TPSA) is 0 Å². The summed E-state index contributed by atoms with van der Waals surface area (Å²) in [6.45, 7) is 2.14. The first-order chi connectivity index (χ1) is 12.2. The van der Waals surface area contributed by atoms with Crippen molar-refractivity contribution in [2.45, 2.75) is 64.2 Å². The van der Waals surface area contributed by atoms with Gasteiger partial charge in [-0.1, -0.05) is 18.2 Å². The molecular formula is C23H30F2. The minimum absolute atomic E-state index is 0.423. The standard InChI is InChI=1S/C23H30F2/c1-2-3-15-4-9-20-18(12-15)5-6-19-13-16(7-10-21(19)20)17-8-11-22(24)23(25)14-17/h2-3,8,11,14-16,18-21H,4-7,9-10,12-13H2,1H3/b3-2+. The van der Waals surface area contributed by atoms with E-state index in [0.717, 1.165) is 41.6 Å². The lowest BCUT2D eigenvalue weighted by Gasteiger charge is -2.50. The molecule has 136 valence electrons. The van der Waals surface area contributed by atoms with Crippen molar-refractivity contribution in [3.8, 4) is 0 Å². The molecule has 0 heterocycles. The second kappa shape index (κ2) is 7.21. The van der Waals surface area contributed by atoms with E-state index in [1.807, 2.05) is 0 Å². The largest absolute Gasteiger partial charge is 0.204 e. The molecular weight excluding hydrogens is 314 g/mol. The van der Waals surface area contributed by atoms with Crippen molar-refractivity contribution in [3.05, 3.63) is 47.5 Å². The number of allylic oxidation sites excluding steroid dienone is 2. The monoisotopic (exact) mass is 344 g/mol. The SMILES string of the molecule is C/C=C/C1CCC2C(CCC3CC(c4ccc(F)c(F)c4)CCC32)C1. The van der Waals surface area contributed by atoms with Gasteiger partial charge in [-0.25, -0.2) is 8.78 Å². The lowest BCUT2D eigenvalue weighted by Crippen LogP contribution is -2.41. The van der Waals surface area contributed by atoms with Crippen LogP contribution >= 0.6 is 0 Å². The second-order valence-corrected chi connectivity index (χ2v) is 8.71. The Morgan fingerprint density at radius 3 is 2.28 bits per heavy atom. The van der Waals surface area contributed by atoms with E-state index >= 15 is 0 Å². The molecule has 0 saturated heterocycles. The highest BCUT2D eigenvalue weighted by Gasteiger charge is 2.44. The van der Waals surface area contributed by atoms with Crippen LogP contribution in [0.2, 0.25) is 0 Å². The van der Waals surface area contributed by atoms with E-state index in [9.17, 15) is 8.78 Å². The van der Waals surface area contributed by atoms with Crippen LogP contribution in [0.3, 0.4) is 0 Å². The third kappa shape index (κ3) is 3.41. The number of hydrogen-bond donors (Lipinski definition) is 0. The zero-order valence-electron chi connectivity index (χ0n) is 15.3. The smallest absolute Gasteiger partial charge is 0.159 e. The molecule has 0 amide bonds. The van der Waals surface area contributed by atoms with Crippen LogP contribution in [0.25, 0.3) is 0 Å². The lowest BCUT2D eigenvalue weighted by molar-refractivity contribution is 0.0127. The summed E-state index contributed by atoms with van der Waals surface area (Å²) < 4.78 is 26.8. The van der Waals surface area contributed by atoms with Crippen molar-refractivity contribution in [1.29, 1.82) is 0 Å². The van der Waals surface area contributed by atoms with E-state index in [4.69, 9.17) is 0 Å². The van der Waals surface area contributed by atoms with Gasteiger partial charge in [0.2, 0.25) is 0 Å². The molecule has 6 unspecified atom stereocenters. The van der Waals surface area contributed by atoms with E-state index in [-0.39, 0.29) is 0 Å². The molecule has 25 heavy (non-hydrogen) atoms.